The maximum absolute atomic E-state index is 13.0. The zero-order valence-corrected chi connectivity index (χ0v) is 16.4. The Balaban J connectivity index is 1.26. The van der Waals surface area contributed by atoms with Crippen LogP contribution in [0, 0.1) is 12.7 Å². The molecule has 29 heavy (non-hydrogen) atoms. The molecule has 9 heteroatoms. The largest absolute Gasteiger partial charge is 0.491 e. The van der Waals surface area contributed by atoms with Crippen LogP contribution >= 0.6 is 0 Å². The first-order valence-corrected chi connectivity index (χ1v) is 9.88. The van der Waals surface area contributed by atoms with Crippen LogP contribution in [0.5, 0.6) is 5.75 Å². The normalized spacial score (nSPS) is 21.5. The van der Waals surface area contributed by atoms with Gasteiger partial charge in [-0.3, -0.25) is 9.69 Å². The minimum Gasteiger partial charge on any atom is -0.491 e. The van der Waals surface area contributed by atoms with Crippen molar-refractivity contribution in [3.63, 3.8) is 0 Å². The third-order valence-electron chi connectivity index (χ3n) is 5.35. The molecule has 0 radical (unpaired) electrons. The van der Waals surface area contributed by atoms with Gasteiger partial charge >= 0.3 is 0 Å². The van der Waals surface area contributed by atoms with E-state index in [4.69, 9.17) is 14.0 Å². The third-order valence-corrected chi connectivity index (χ3v) is 5.35. The lowest BCUT2D eigenvalue weighted by Crippen LogP contribution is -2.55. The van der Waals surface area contributed by atoms with Crippen molar-refractivity contribution in [3.8, 4) is 5.75 Å². The second kappa shape index (κ2) is 8.87. The van der Waals surface area contributed by atoms with Crippen molar-refractivity contribution in [1.29, 1.82) is 0 Å². The molecule has 0 unspecified atom stereocenters. The molecule has 8 nitrogen and oxygen atoms in total. The predicted molar refractivity (Wildman–Crippen MR) is 101 cm³/mol. The number of rotatable bonds is 6. The summed E-state index contributed by atoms with van der Waals surface area (Å²) in [5.41, 5.74) is 0. The van der Waals surface area contributed by atoms with Crippen LogP contribution in [0.3, 0.4) is 0 Å². The smallest absolute Gasteiger partial charge is 0.248 e. The van der Waals surface area contributed by atoms with Crippen LogP contribution in [-0.4, -0.2) is 70.8 Å². The summed E-state index contributed by atoms with van der Waals surface area (Å²) >= 11 is 0. The Hall–Kier alpha value is -2.52. The van der Waals surface area contributed by atoms with Gasteiger partial charge in [0.05, 0.1) is 13.1 Å². The van der Waals surface area contributed by atoms with E-state index in [1.54, 1.807) is 19.1 Å². The highest BCUT2D eigenvalue weighted by molar-refractivity contribution is 5.78. The molecule has 2 saturated heterocycles. The van der Waals surface area contributed by atoms with Gasteiger partial charge in [0.1, 0.15) is 30.9 Å². The summed E-state index contributed by atoms with van der Waals surface area (Å²) in [5, 5.41) is 3.95. The van der Waals surface area contributed by atoms with Gasteiger partial charge < -0.3 is 18.9 Å². The second-order valence-corrected chi connectivity index (χ2v) is 7.48. The van der Waals surface area contributed by atoms with Crippen molar-refractivity contribution in [2.45, 2.75) is 38.5 Å². The lowest BCUT2D eigenvalue weighted by atomic mass is 10.0. The minimum atomic E-state index is -0.302. The minimum absolute atomic E-state index is 0.0234. The average molecular weight is 404 g/mol. The predicted octanol–water partition coefficient (Wildman–Crippen LogP) is 1.79. The fraction of sp³-hybridized carbons (Fsp3) is 0.550. The van der Waals surface area contributed by atoms with Crippen molar-refractivity contribution in [1.82, 2.24) is 19.9 Å². The monoisotopic (exact) mass is 404 g/mol. The average Bonchev–Trinajstić information content (AvgIpc) is 3.14. The molecule has 0 bridgehead atoms. The SMILES string of the molecule is Cc1nc(CN2CCC(N3C[C@@H](COc4ccc(F)cc4)OCC3=O)CC2)no1. The summed E-state index contributed by atoms with van der Waals surface area (Å²) < 4.78 is 29.3. The highest BCUT2D eigenvalue weighted by Crippen LogP contribution is 2.22. The Bertz CT molecular complexity index is 820. The molecule has 0 spiro atoms. The van der Waals surface area contributed by atoms with Gasteiger partial charge in [-0.05, 0) is 37.1 Å². The van der Waals surface area contributed by atoms with Crippen LogP contribution in [0.2, 0.25) is 0 Å². The van der Waals surface area contributed by atoms with E-state index in [-0.39, 0.29) is 30.5 Å². The van der Waals surface area contributed by atoms with Gasteiger partial charge in [-0.1, -0.05) is 5.16 Å². The van der Waals surface area contributed by atoms with Crippen LogP contribution in [0.25, 0.3) is 0 Å². The fourth-order valence-corrected chi connectivity index (χ4v) is 3.81. The van der Waals surface area contributed by atoms with Crippen LogP contribution in [-0.2, 0) is 16.1 Å². The number of aryl methyl sites for hydroxylation is 1. The standard InChI is InChI=1S/C20H25FN4O4/c1-14-22-19(23-29-14)11-24-8-6-16(7-9-24)25-10-18(28-13-20(25)26)12-27-17-4-2-15(21)3-5-17/h2-5,16,18H,6-13H2,1H3/t18-/m0/s1. The first-order chi connectivity index (χ1) is 14.1. The van der Waals surface area contributed by atoms with Crippen molar-refractivity contribution in [2.24, 2.45) is 0 Å². The summed E-state index contributed by atoms with van der Waals surface area (Å²) in [6, 6.07) is 6.08. The van der Waals surface area contributed by atoms with Gasteiger partial charge in [-0.15, -0.1) is 0 Å². The Labute approximate surface area is 168 Å². The summed E-state index contributed by atoms with van der Waals surface area (Å²) in [4.78, 5) is 20.9. The molecule has 156 valence electrons. The van der Waals surface area contributed by atoms with Crippen molar-refractivity contribution < 1.29 is 23.2 Å². The molecule has 0 saturated carbocycles. The first-order valence-electron chi connectivity index (χ1n) is 9.88. The van der Waals surface area contributed by atoms with E-state index < -0.39 is 0 Å². The Morgan fingerprint density at radius 3 is 2.69 bits per heavy atom. The van der Waals surface area contributed by atoms with E-state index in [1.165, 1.54) is 12.1 Å². The Morgan fingerprint density at radius 1 is 1.24 bits per heavy atom. The maximum atomic E-state index is 13.0. The number of morpholine rings is 1. The number of carbonyl (C=O) groups excluding carboxylic acids is 1. The topological polar surface area (TPSA) is 80.9 Å². The highest BCUT2D eigenvalue weighted by atomic mass is 19.1. The summed E-state index contributed by atoms with van der Waals surface area (Å²) in [6.07, 6.45) is 1.60. The van der Waals surface area contributed by atoms with E-state index in [9.17, 15) is 9.18 Å². The molecule has 1 aromatic carbocycles. The van der Waals surface area contributed by atoms with Crippen molar-refractivity contribution >= 4 is 5.91 Å². The van der Waals surface area contributed by atoms with Crippen molar-refractivity contribution in [3.05, 3.63) is 41.8 Å². The lowest BCUT2D eigenvalue weighted by molar-refractivity contribution is -0.155. The molecule has 3 heterocycles. The molecule has 0 N–H and O–H groups in total. The van der Waals surface area contributed by atoms with Gasteiger partial charge in [-0.2, -0.15) is 4.98 Å². The van der Waals surface area contributed by atoms with Crippen LogP contribution in [0.15, 0.2) is 28.8 Å². The van der Waals surface area contributed by atoms with Crippen LogP contribution in [0.1, 0.15) is 24.6 Å². The van der Waals surface area contributed by atoms with E-state index >= 15 is 0 Å². The van der Waals surface area contributed by atoms with Crippen LogP contribution < -0.4 is 4.74 Å². The third kappa shape index (κ3) is 5.10. The Morgan fingerprint density at radius 2 is 2.00 bits per heavy atom. The summed E-state index contributed by atoms with van der Waals surface area (Å²) in [7, 11) is 0. The molecule has 1 atom stereocenters. The van der Waals surface area contributed by atoms with Gasteiger partial charge in [0, 0.05) is 26.1 Å². The van der Waals surface area contributed by atoms with Crippen molar-refractivity contribution in [2.75, 3.05) is 32.8 Å². The first kappa shape index (κ1) is 19.8. The number of ether oxygens (including phenoxy) is 2. The quantitative estimate of drug-likeness (QED) is 0.726. The maximum Gasteiger partial charge on any atom is 0.248 e. The number of benzene rings is 1. The molecule has 0 aliphatic carbocycles. The number of amides is 1. The summed E-state index contributed by atoms with van der Waals surface area (Å²) in [6.45, 7) is 5.09. The number of halogens is 1. The molecular weight excluding hydrogens is 379 g/mol. The second-order valence-electron chi connectivity index (χ2n) is 7.48. The van der Waals surface area contributed by atoms with Gasteiger partial charge in [-0.25, -0.2) is 4.39 Å². The molecule has 1 aromatic heterocycles. The zero-order valence-electron chi connectivity index (χ0n) is 16.4. The van der Waals surface area contributed by atoms with E-state index in [0.29, 0.717) is 37.2 Å². The molecule has 2 aliphatic rings. The number of nitrogens with zero attached hydrogens (tertiary/aromatic N) is 4. The van der Waals surface area contributed by atoms with Gasteiger partial charge in [0.2, 0.25) is 11.8 Å². The molecular formula is C20H25FN4O4. The highest BCUT2D eigenvalue weighted by Gasteiger charge is 2.34. The molecule has 4 rings (SSSR count). The van der Waals surface area contributed by atoms with E-state index in [2.05, 4.69) is 15.0 Å². The number of likely N-dealkylation sites (tertiary alicyclic amines) is 1. The van der Waals surface area contributed by atoms with E-state index in [0.717, 1.165) is 25.9 Å². The van der Waals surface area contributed by atoms with Gasteiger partial charge in [0.15, 0.2) is 5.82 Å². The number of carbonyl (C=O) groups is 1. The zero-order chi connectivity index (χ0) is 20.2. The number of hydrogen-bond donors (Lipinski definition) is 0. The fourth-order valence-electron chi connectivity index (χ4n) is 3.81. The molecule has 2 aliphatic heterocycles. The number of hydrogen-bond acceptors (Lipinski definition) is 7. The summed E-state index contributed by atoms with van der Waals surface area (Å²) in [5.74, 6) is 1.58. The number of piperidine rings is 1. The van der Waals surface area contributed by atoms with Gasteiger partial charge in [0.25, 0.3) is 0 Å². The molecule has 2 fully saturated rings. The molecule has 2 aromatic rings. The van der Waals surface area contributed by atoms with Crippen LogP contribution in [0.4, 0.5) is 4.39 Å². The van der Waals surface area contributed by atoms with E-state index in [1.807, 2.05) is 4.90 Å². The Kier molecular flexibility index (Phi) is 6.05. The molecule has 1 amide bonds. The lowest BCUT2D eigenvalue weighted by Gasteiger charge is -2.41. The number of aromatic nitrogens is 2.